The van der Waals surface area contributed by atoms with Gasteiger partial charge in [0.25, 0.3) is 5.91 Å². The highest BCUT2D eigenvalue weighted by Crippen LogP contribution is 2.34. The van der Waals surface area contributed by atoms with Crippen LogP contribution in [0.15, 0.2) is 72.1 Å². The first kappa shape index (κ1) is 22.7. The number of aromatic nitrogens is 3. The summed E-state index contributed by atoms with van der Waals surface area (Å²) >= 11 is 1.21. The number of para-hydroxylation sites is 2. The molecule has 0 bridgehead atoms. The van der Waals surface area contributed by atoms with Gasteiger partial charge in [-0.15, -0.1) is 0 Å². The van der Waals surface area contributed by atoms with Crippen molar-refractivity contribution in [2.75, 3.05) is 24.4 Å². The lowest BCUT2D eigenvalue weighted by Crippen LogP contribution is -2.26. The van der Waals surface area contributed by atoms with Gasteiger partial charge in [0.2, 0.25) is 12.7 Å². The molecule has 9 nitrogen and oxygen atoms in total. The van der Waals surface area contributed by atoms with Crippen LogP contribution in [0.3, 0.4) is 0 Å². The summed E-state index contributed by atoms with van der Waals surface area (Å²) in [6.45, 7) is 1.43. The quantitative estimate of drug-likeness (QED) is 0.273. The minimum atomic E-state index is -0.215. The van der Waals surface area contributed by atoms with Crippen LogP contribution in [0.1, 0.15) is 16.8 Å². The predicted octanol–water partition coefficient (Wildman–Crippen LogP) is 3.71. The highest BCUT2D eigenvalue weighted by molar-refractivity contribution is 8.00. The molecule has 4 aromatic rings. The SMILES string of the molecule is O=C(CSc1ncccc1C(=O)NCCCn1cnc2ccccc21)Nc1ccc2c(c1)OCO2. The second kappa shape index (κ2) is 10.5. The van der Waals surface area contributed by atoms with E-state index in [2.05, 4.69) is 25.2 Å². The lowest BCUT2D eigenvalue weighted by Gasteiger charge is -2.10. The molecule has 0 radical (unpaired) electrons. The topological polar surface area (TPSA) is 107 Å². The zero-order valence-electron chi connectivity index (χ0n) is 18.8. The van der Waals surface area contributed by atoms with Gasteiger partial charge < -0.3 is 24.7 Å². The number of hydrogen-bond donors (Lipinski definition) is 2. The van der Waals surface area contributed by atoms with Crippen molar-refractivity contribution in [1.82, 2.24) is 19.9 Å². The minimum Gasteiger partial charge on any atom is -0.454 e. The average molecular weight is 490 g/mol. The number of rotatable bonds is 9. The van der Waals surface area contributed by atoms with Crippen molar-refractivity contribution >= 4 is 40.3 Å². The van der Waals surface area contributed by atoms with Gasteiger partial charge in [0, 0.05) is 31.0 Å². The zero-order valence-corrected chi connectivity index (χ0v) is 19.6. The Labute approximate surface area is 205 Å². The summed E-state index contributed by atoms with van der Waals surface area (Å²) in [6, 6.07) is 16.6. The number of imidazole rings is 1. The highest BCUT2D eigenvalue weighted by atomic mass is 32.2. The Morgan fingerprint density at radius 3 is 2.86 bits per heavy atom. The molecule has 3 heterocycles. The number of pyridine rings is 1. The van der Waals surface area contributed by atoms with E-state index in [1.807, 2.05) is 30.6 Å². The number of nitrogens with zero attached hydrogens (tertiary/aromatic N) is 3. The number of amides is 2. The van der Waals surface area contributed by atoms with E-state index in [1.54, 1.807) is 36.5 Å². The van der Waals surface area contributed by atoms with Crippen LogP contribution >= 0.6 is 11.8 Å². The zero-order chi connectivity index (χ0) is 24.0. The van der Waals surface area contributed by atoms with Gasteiger partial charge >= 0.3 is 0 Å². The van der Waals surface area contributed by atoms with Crippen LogP contribution in [0.25, 0.3) is 11.0 Å². The molecule has 2 amide bonds. The molecule has 1 aliphatic heterocycles. The van der Waals surface area contributed by atoms with E-state index in [0.717, 1.165) is 24.0 Å². The second-order valence-corrected chi connectivity index (χ2v) is 8.76. The van der Waals surface area contributed by atoms with Crippen molar-refractivity contribution in [3.05, 3.63) is 72.7 Å². The van der Waals surface area contributed by atoms with E-state index in [-0.39, 0.29) is 24.4 Å². The number of nitrogens with one attached hydrogen (secondary N) is 2. The van der Waals surface area contributed by atoms with E-state index in [0.29, 0.717) is 34.3 Å². The molecule has 0 spiro atoms. The largest absolute Gasteiger partial charge is 0.454 e. The van der Waals surface area contributed by atoms with E-state index in [9.17, 15) is 9.59 Å². The smallest absolute Gasteiger partial charge is 0.254 e. The van der Waals surface area contributed by atoms with Crippen molar-refractivity contribution in [3.8, 4) is 11.5 Å². The molecule has 10 heteroatoms. The summed E-state index contributed by atoms with van der Waals surface area (Å²) in [4.78, 5) is 33.9. The number of fused-ring (bicyclic) bond motifs is 2. The lowest BCUT2D eigenvalue weighted by molar-refractivity contribution is -0.113. The molecule has 5 rings (SSSR count). The summed E-state index contributed by atoms with van der Waals surface area (Å²) in [5, 5.41) is 6.28. The first-order valence-electron chi connectivity index (χ1n) is 11.1. The third-order valence-electron chi connectivity index (χ3n) is 5.40. The van der Waals surface area contributed by atoms with Crippen LogP contribution < -0.4 is 20.1 Å². The van der Waals surface area contributed by atoms with E-state index < -0.39 is 0 Å². The van der Waals surface area contributed by atoms with E-state index in [1.165, 1.54) is 11.8 Å². The number of ether oxygens (including phenoxy) is 2. The third kappa shape index (κ3) is 5.38. The Morgan fingerprint density at radius 1 is 1.03 bits per heavy atom. The number of benzene rings is 2. The molecule has 2 aromatic heterocycles. The van der Waals surface area contributed by atoms with E-state index in [4.69, 9.17) is 9.47 Å². The van der Waals surface area contributed by atoms with Crippen LogP contribution in [0.5, 0.6) is 11.5 Å². The van der Waals surface area contributed by atoms with Gasteiger partial charge in [0.1, 0.15) is 5.03 Å². The fourth-order valence-corrected chi connectivity index (χ4v) is 4.51. The Kier molecular flexibility index (Phi) is 6.80. The molecule has 0 fully saturated rings. The maximum absolute atomic E-state index is 12.8. The second-order valence-electron chi connectivity index (χ2n) is 7.80. The van der Waals surface area contributed by atoms with Crippen LogP contribution in [0.2, 0.25) is 0 Å². The molecular formula is C25H23N5O4S. The van der Waals surface area contributed by atoms with Gasteiger partial charge in [-0.1, -0.05) is 23.9 Å². The number of carbonyl (C=O) groups is 2. The van der Waals surface area contributed by atoms with Crippen LogP contribution in [-0.4, -0.2) is 45.4 Å². The number of anilines is 1. The number of thioether (sulfide) groups is 1. The van der Waals surface area contributed by atoms with Gasteiger partial charge in [-0.05, 0) is 42.8 Å². The summed E-state index contributed by atoms with van der Waals surface area (Å²) in [7, 11) is 0. The summed E-state index contributed by atoms with van der Waals surface area (Å²) in [6.07, 6.45) is 4.18. The summed E-state index contributed by atoms with van der Waals surface area (Å²) < 4.78 is 12.7. The molecule has 0 aliphatic carbocycles. The van der Waals surface area contributed by atoms with Crippen LogP contribution in [0, 0.1) is 0 Å². The molecule has 2 aromatic carbocycles. The molecule has 2 N–H and O–H groups in total. The van der Waals surface area contributed by atoms with Crippen molar-refractivity contribution in [2.45, 2.75) is 18.0 Å². The molecule has 0 unspecified atom stereocenters. The van der Waals surface area contributed by atoms with Crippen molar-refractivity contribution in [1.29, 1.82) is 0 Å². The van der Waals surface area contributed by atoms with Gasteiger partial charge in [0.15, 0.2) is 11.5 Å². The van der Waals surface area contributed by atoms with E-state index >= 15 is 0 Å². The molecule has 0 atom stereocenters. The Bertz CT molecular complexity index is 1370. The maximum Gasteiger partial charge on any atom is 0.254 e. The van der Waals surface area contributed by atoms with Gasteiger partial charge in [-0.25, -0.2) is 9.97 Å². The monoisotopic (exact) mass is 489 g/mol. The average Bonchev–Trinajstić information content (AvgIpc) is 3.52. The summed E-state index contributed by atoms with van der Waals surface area (Å²) in [5.74, 6) is 0.936. The highest BCUT2D eigenvalue weighted by Gasteiger charge is 2.16. The first-order chi connectivity index (χ1) is 17.2. The van der Waals surface area contributed by atoms with Crippen LogP contribution in [0.4, 0.5) is 5.69 Å². The lowest BCUT2D eigenvalue weighted by atomic mass is 10.2. The number of hydrogen-bond acceptors (Lipinski definition) is 7. The molecule has 0 saturated carbocycles. The maximum atomic E-state index is 12.8. The van der Waals surface area contributed by atoms with Gasteiger partial charge in [0.05, 0.1) is 28.7 Å². The van der Waals surface area contributed by atoms with Gasteiger partial charge in [-0.2, -0.15) is 0 Å². The standard InChI is InChI=1S/C25H23N5O4S/c31-23(29-17-8-9-21-22(13-17)34-16-33-21)14-35-25-18(5-3-10-27-25)24(32)26-11-4-12-30-15-28-19-6-1-2-7-20(19)30/h1-3,5-10,13,15H,4,11-12,14,16H2,(H,26,32)(H,29,31). The molecular weight excluding hydrogens is 466 g/mol. The van der Waals surface area contributed by atoms with Crippen molar-refractivity contribution in [2.24, 2.45) is 0 Å². The predicted molar refractivity (Wildman–Crippen MR) is 133 cm³/mol. The normalized spacial score (nSPS) is 12.0. The molecule has 35 heavy (non-hydrogen) atoms. The molecule has 178 valence electrons. The number of aryl methyl sites for hydroxylation is 1. The number of carbonyl (C=O) groups excluding carboxylic acids is 2. The Hall–Kier alpha value is -4.05. The van der Waals surface area contributed by atoms with Gasteiger partial charge in [-0.3, -0.25) is 9.59 Å². The third-order valence-corrected chi connectivity index (χ3v) is 6.41. The Balaban J connectivity index is 1.12. The molecule has 0 saturated heterocycles. The molecule has 1 aliphatic rings. The fraction of sp³-hybridized carbons (Fsp3) is 0.200. The van der Waals surface area contributed by atoms with Crippen molar-refractivity contribution in [3.63, 3.8) is 0 Å². The minimum absolute atomic E-state index is 0.111. The first-order valence-corrected chi connectivity index (χ1v) is 12.1. The Morgan fingerprint density at radius 2 is 1.91 bits per heavy atom. The summed E-state index contributed by atoms with van der Waals surface area (Å²) in [5.41, 5.74) is 3.09. The van der Waals surface area contributed by atoms with Crippen molar-refractivity contribution < 1.29 is 19.1 Å². The fourth-order valence-electron chi connectivity index (χ4n) is 3.72. The van der Waals surface area contributed by atoms with Crippen LogP contribution in [-0.2, 0) is 11.3 Å².